The van der Waals surface area contributed by atoms with E-state index in [1.54, 1.807) is 17.8 Å². The van der Waals surface area contributed by atoms with E-state index in [9.17, 15) is 4.79 Å². The van der Waals surface area contributed by atoms with Gasteiger partial charge < -0.3 is 4.74 Å². The maximum Gasteiger partial charge on any atom is 0.280 e. The van der Waals surface area contributed by atoms with Crippen LogP contribution in [0.2, 0.25) is 5.28 Å². The molecule has 0 unspecified atom stereocenters. The second-order valence-electron chi connectivity index (χ2n) is 4.43. The number of rotatable bonds is 1. The topological polar surface area (TPSA) is 61.4 Å². The van der Waals surface area contributed by atoms with Gasteiger partial charge in [0.1, 0.15) is 5.82 Å². The average molecular weight is 269 g/mol. The molecule has 0 N–H and O–H groups in total. The van der Waals surface area contributed by atoms with Crippen molar-refractivity contribution in [2.45, 2.75) is 18.8 Å². The summed E-state index contributed by atoms with van der Waals surface area (Å²) in [4.78, 5) is 16.3. The lowest BCUT2D eigenvalue weighted by Gasteiger charge is -2.20. The molecule has 0 saturated carbocycles. The van der Waals surface area contributed by atoms with Gasteiger partial charge in [-0.25, -0.2) is 9.50 Å². The largest absolute Gasteiger partial charge is 0.381 e. The van der Waals surface area contributed by atoms with E-state index in [0.717, 1.165) is 31.9 Å². The van der Waals surface area contributed by atoms with E-state index in [0.29, 0.717) is 5.52 Å². The standard InChI is InChI=1S/C11H13ClN4O2/c1-15-10(17)8-6-13-9(16(8)14-11(15)12)7-2-4-18-5-3-7/h6-7H,2-5H2,1H3. The van der Waals surface area contributed by atoms with Gasteiger partial charge in [0.25, 0.3) is 5.56 Å². The van der Waals surface area contributed by atoms with Crippen LogP contribution in [0.15, 0.2) is 11.0 Å². The van der Waals surface area contributed by atoms with E-state index in [4.69, 9.17) is 16.3 Å². The second kappa shape index (κ2) is 4.37. The Kier molecular flexibility index (Phi) is 2.83. The van der Waals surface area contributed by atoms with Crippen LogP contribution in [0, 0.1) is 0 Å². The first-order valence-corrected chi connectivity index (χ1v) is 6.24. The monoisotopic (exact) mass is 268 g/mol. The van der Waals surface area contributed by atoms with Gasteiger partial charge in [0.05, 0.1) is 6.20 Å². The molecular weight excluding hydrogens is 256 g/mol. The van der Waals surface area contributed by atoms with Crippen LogP contribution in [0.3, 0.4) is 0 Å². The summed E-state index contributed by atoms with van der Waals surface area (Å²) in [5.74, 6) is 1.07. The Labute approximate surface area is 108 Å². The van der Waals surface area contributed by atoms with Crippen molar-refractivity contribution in [1.82, 2.24) is 19.2 Å². The predicted octanol–water partition coefficient (Wildman–Crippen LogP) is 0.975. The molecule has 0 aliphatic carbocycles. The third kappa shape index (κ3) is 1.72. The van der Waals surface area contributed by atoms with E-state index < -0.39 is 0 Å². The summed E-state index contributed by atoms with van der Waals surface area (Å²) in [5, 5.41) is 4.38. The Hall–Kier alpha value is -1.40. The van der Waals surface area contributed by atoms with Crippen LogP contribution in [-0.4, -0.2) is 32.4 Å². The van der Waals surface area contributed by atoms with Gasteiger partial charge in [-0.05, 0) is 24.4 Å². The number of fused-ring (bicyclic) bond motifs is 1. The molecule has 96 valence electrons. The molecule has 1 fully saturated rings. The number of hydrogen-bond donors (Lipinski definition) is 0. The molecular formula is C11H13ClN4O2. The minimum Gasteiger partial charge on any atom is -0.381 e. The van der Waals surface area contributed by atoms with Crippen LogP contribution in [0.1, 0.15) is 24.6 Å². The van der Waals surface area contributed by atoms with E-state index in [-0.39, 0.29) is 16.8 Å². The SMILES string of the molecule is Cn1c(Cl)nn2c(C3CCOCC3)ncc2c1=O. The molecule has 2 aromatic heterocycles. The molecule has 0 radical (unpaired) electrons. The summed E-state index contributed by atoms with van der Waals surface area (Å²) in [7, 11) is 1.60. The van der Waals surface area contributed by atoms with E-state index in [2.05, 4.69) is 10.1 Å². The zero-order valence-electron chi connectivity index (χ0n) is 9.97. The van der Waals surface area contributed by atoms with Crippen LogP contribution < -0.4 is 5.56 Å². The lowest BCUT2D eigenvalue weighted by atomic mass is 10.00. The first-order chi connectivity index (χ1) is 8.68. The first-order valence-electron chi connectivity index (χ1n) is 5.86. The zero-order valence-corrected chi connectivity index (χ0v) is 10.7. The molecule has 18 heavy (non-hydrogen) atoms. The molecule has 0 atom stereocenters. The Morgan fingerprint density at radius 2 is 2.17 bits per heavy atom. The first kappa shape index (κ1) is 11.7. The Bertz CT molecular complexity index is 642. The van der Waals surface area contributed by atoms with Gasteiger partial charge >= 0.3 is 0 Å². The fourth-order valence-corrected chi connectivity index (χ4v) is 2.40. The van der Waals surface area contributed by atoms with Crippen molar-refractivity contribution < 1.29 is 4.74 Å². The van der Waals surface area contributed by atoms with Crippen LogP contribution in [0.4, 0.5) is 0 Å². The number of halogens is 1. The highest BCUT2D eigenvalue weighted by molar-refractivity contribution is 6.28. The quantitative estimate of drug-likeness (QED) is 0.773. The molecule has 0 aromatic carbocycles. The molecule has 1 saturated heterocycles. The Morgan fingerprint density at radius 1 is 1.44 bits per heavy atom. The number of ether oxygens (including phenoxy) is 1. The highest BCUT2D eigenvalue weighted by Crippen LogP contribution is 2.25. The predicted molar refractivity (Wildman–Crippen MR) is 66.0 cm³/mol. The molecule has 3 heterocycles. The summed E-state index contributed by atoms with van der Waals surface area (Å²) in [6, 6.07) is 0. The summed E-state index contributed by atoms with van der Waals surface area (Å²) in [5.41, 5.74) is 0.282. The number of aromatic nitrogens is 4. The van der Waals surface area contributed by atoms with Gasteiger partial charge in [-0.15, -0.1) is 5.10 Å². The average Bonchev–Trinajstić information content (AvgIpc) is 2.81. The second-order valence-corrected chi connectivity index (χ2v) is 4.77. The Morgan fingerprint density at radius 3 is 2.89 bits per heavy atom. The van der Waals surface area contributed by atoms with E-state index in [1.807, 2.05) is 0 Å². The molecule has 7 heteroatoms. The number of nitrogens with zero attached hydrogens (tertiary/aromatic N) is 4. The van der Waals surface area contributed by atoms with Crippen LogP contribution in [-0.2, 0) is 11.8 Å². The third-order valence-corrected chi connectivity index (χ3v) is 3.66. The normalized spacial score (nSPS) is 17.4. The van der Waals surface area contributed by atoms with Gasteiger partial charge in [0.2, 0.25) is 5.28 Å². The molecule has 0 bridgehead atoms. The molecule has 6 nitrogen and oxygen atoms in total. The van der Waals surface area contributed by atoms with Crippen molar-refractivity contribution in [3.63, 3.8) is 0 Å². The zero-order chi connectivity index (χ0) is 12.7. The van der Waals surface area contributed by atoms with Gasteiger partial charge in [-0.2, -0.15) is 0 Å². The minimum absolute atomic E-state index is 0.166. The smallest absolute Gasteiger partial charge is 0.280 e. The van der Waals surface area contributed by atoms with Crippen molar-refractivity contribution in [2.24, 2.45) is 7.05 Å². The van der Waals surface area contributed by atoms with E-state index in [1.165, 1.54) is 4.57 Å². The van der Waals surface area contributed by atoms with Crippen LogP contribution >= 0.6 is 11.6 Å². The summed E-state index contributed by atoms with van der Waals surface area (Å²) < 4.78 is 8.21. The van der Waals surface area contributed by atoms with Gasteiger partial charge in [0, 0.05) is 26.2 Å². The lowest BCUT2D eigenvalue weighted by molar-refractivity contribution is 0.0832. The van der Waals surface area contributed by atoms with Gasteiger partial charge in [0.15, 0.2) is 5.52 Å². The summed E-state index contributed by atoms with van der Waals surface area (Å²) in [6.45, 7) is 1.44. The minimum atomic E-state index is -0.180. The van der Waals surface area contributed by atoms with Crippen molar-refractivity contribution in [2.75, 3.05) is 13.2 Å². The summed E-state index contributed by atoms with van der Waals surface area (Å²) in [6.07, 6.45) is 3.36. The maximum absolute atomic E-state index is 12.0. The fourth-order valence-electron chi connectivity index (χ4n) is 2.25. The van der Waals surface area contributed by atoms with Crippen LogP contribution in [0.25, 0.3) is 5.52 Å². The van der Waals surface area contributed by atoms with Crippen molar-refractivity contribution in [3.05, 3.63) is 27.7 Å². The molecule has 3 rings (SSSR count). The van der Waals surface area contributed by atoms with Gasteiger partial charge in [-0.1, -0.05) is 0 Å². The lowest BCUT2D eigenvalue weighted by Crippen LogP contribution is -2.23. The van der Waals surface area contributed by atoms with Gasteiger partial charge in [-0.3, -0.25) is 9.36 Å². The van der Waals surface area contributed by atoms with E-state index >= 15 is 0 Å². The third-order valence-electron chi connectivity index (χ3n) is 3.33. The highest BCUT2D eigenvalue weighted by atomic mass is 35.5. The maximum atomic E-state index is 12.0. The molecule has 2 aromatic rings. The molecule has 0 amide bonds. The number of imidazole rings is 1. The Balaban J connectivity index is 2.17. The summed E-state index contributed by atoms with van der Waals surface area (Å²) >= 11 is 5.94. The molecule has 0 spiro atoms. The van der Waals surface area contributed by atoms with Crippen LogP contribution in [0.5, 0.6) is 0 Å². The van der Waals surface area contributed by atoms with Crippen molar-refractivity contribution in [3.8, 4) is 0 Å². The fraction of sp³-hybridized carbons (Fsp3) is 0.545. The molecule has 1 aliphatic rings. The number of hydrogen-bond acceptors (Lipinski definition) is 4. The highest BCUT2D eigenvalue weighted by Gasteiger charge is 2.22. The van der Waals surface area contributed by atoms with Crippen molar-refractivity contribution >= 4 is 17.1 Å². The molecule has 1 aliphatic heterocycles. The van der Waals surface area contributed by atoms with Crippen molar-refractivity contribution in [1.29, 1.82) is 0 Å².